The molecule has 43 heavy (non-hydrogen) atoms. The maximum Gasteiger partial charge on any atom is 0.118 e. The average molecular weight is 557 g/mol. The summed E-state index contributed by atoms with van der Waals surface area (Å²) in [6.45, 7) is 1.68. The summed E-state index contributed by atoms with van der Waals surface area (Å²) in [6, 6.07) is 36.0. The van der Waals surface area contributed by atoms with Gasteiger partial charge in [0.15, 0.2) is 0 Å². The smallest absolute Gasteiger partial charge is 0.118 e. The molecule has 6 heteroatoms. The molecule has 0 saturated heterocycles. The highest BCUT2D eigenvalue weighted by Gasteiger charge is 2.11. The third-order valence-electron chi connectivity index (χ3n) is 6.75. The number of nitrogens with zero attached hydrogens (tertiary/aromatic N) is 5. The molecular formula is C37H28N6. The zero-order valence-corrected chi connectivity index (χ0v) is 23.6. The molecular weight excluding hydrogens is 528 g/mol. The van der Waals surface area contributed by atoms with Crippen molar-refractivity contribution in [1.29, 1.82) is 5.41 Å². The van der Waals surface area contributed by atoms with E-state index in [4.69, 9.17) is 5.41 Å². The summed E-state index contributed by atoms with van der Waals surface area (Å²) in [6.07, 6.45) is 11.1. The van der Waals surface area contributed by atoms with Crippen LogP contribution in [0.1, 0.15) is 18.1 Å². The van der Waals surface area contributed by atoms with Crippen molar-refractivity contribution < 1.29 is 0 Å². The number of allylic oxidation sites excluding steroid dienone is 1. The maximum absolute atomic E-state index is 8.22. The summed E-state index contributed by atoms with van der Waals surface area (Å²) in [7, 11) is 0. The van der Waals surface area contributed by atoms with E-state index in [9.17, 15) is 0 Å². The van der Waals surface area contributed by atoms with Crippen molar-refractivity contribution in [2.75, 3.05) is 0 Å². The fourth-order valence-electron chi connectivity index (χ4n) is 4.80. The Morgan fingerprint density at radius 2 is 0.953 bits per heavy atom. The summed E-state index contributed by atoms with van der Waals surface area (Å²) in [5, 5.41) is 8.22. The lowest BCUT2D eigenvalue weighted by atomic mass is 9.97. The molecule has 6 nitrogen and oxygen atoms in total. The molecule has 0 unspecified atom stereocenters. The Kier molecular flexibility index (Phi) is 8.09. The molecule has 6 aromatic rings. The van der Waals surface area contributed by atoms with E-state index in [1.54, 1.807) is 31.7 Å². The van der Waals surface area contributed by atoms with Crippen LogP contribution < -0.4 is 0 Å². The van der Waals surface area contributed by atoms with E-state index in [2.05, 4.69) is 61.3 Å². The second kappa shape index (κ2) is 12.7. The topological polar surface area (TPSA) is 87.8 Å². The molecule has 2 aromatic carbocycles. The van der Waals surface area contributed by atoms with E-state index in [0.717, 1.165) is 56.2 Å². The highest BCUT2D eigenvalue weighted by molar-refractivity contribution is 6.15. The molecule has 0 fully saturated rings. The summed E-state index contributed by atoms with van der Waals surface area (Å²) < 4.78 is 0. The van der Waals surface area contributed by atoms with Crippen LogP contribution in [0.3, 0.4) is 0 Å². The van der Waals surface area contributed by atoms with E-state index < -0.39 is 0 Å². The summed E-state index contributed by atoms with van der Waals surface area (Å²) in [5.41, 5.74) is 9.78. The van der Waals surface area contributed by atoms with Crippen LogP contribution in [0.5, 0.6) is 0 Å². The number of nitrogens with one attached hydrogen (secondary N) is 1. The van der Waals surface area contributed by atoms with Crippen LogP contribution in [0.4, 0.5) is 0 Å². The second-order valence-electron chi connectivity index (χ2n) is 9.92. The van der Waals surface area contributed by atoms with Crippen LogP contribution in [0.25, 0.3) is 51.1 Å². The lowest BCUT2D eigenvalue weighted by molar-refractivity contribution is 1.31. The van der Waals surface area contributed by atoms with E-state index in [1.807, 2.05) is 84.9 Å². The van der Waals surface area contributed by atoms with Crippen LogP contribution >= 0.6 is 0 Å². The Labute approximate surface area is 250 Å². The monoisotopic (exact) mass is 556 g/mol. The van der Waals surface area contributed by atoms with Gasteiger partial charge in [-0.1, -0.05) is 30.3 Å². The third-order valence-corrected chi connectivity index (χ3v) is 6.75. The molecule has 4 heterocycles. The molecule has 0 aliphatic carbocycles. The van der Waals surface area contributed by atoms with Gasteiger partial charge in [0.2, 0.25) is 0 Å². The summed E-state index contributed by atoms with van der Waals surface area (Å²) in [5.74, 6) is 0.207. The van der Waals surface area contributed by atoms with Crippen molar-refractivity contribution in [2.45, 2.75) is 6.92 Å². The Morgan fingerprint density at radius 3 is 1.30 bits per heavy atom. The van der Waals surface area contributed by atoms with E-state index >= 15 is 0 Å². The predicted molar refractivity (Wildman–Crippen MR) is 175 cm³/mol. The molecule has 0 atom stereocenters. The summed E-state index contributed by atoms with van der Waals surface area (Å²) in [4.78, 5) is 23.0. The molecule has 6 rings (SSSR count). The first-order valence-electron chi connectivity index (χ1n) is 13.9. The Balaban J connectivity index is 1.47. The number of hydrogen-bond acceptors (Lipinski definition) is 5. The van der Waals surface area contributed by atoms with Gasteiger partial charge in [-0.15, -0.1) is 0 Å². The lowest BCUT2D eigenvalue weighted by Gasteiger charge is -2.11. The van der Waals surface area contributed by atoms with E-state index in [0.29, 0.717) is 5.71 Å². The maximum atomic E-state index is 8.22. The normalized spacial score (nSPS) is 11.5. The molecule has 0 bridgehead atoms. The van der Waals surface area contributed by atoms with E-state index in [-0.39, 0.29) is 5.84 Å². The van der Waals surface area contributed by atoms with Gasteiger partial charge in [-0.3, -0.25) is 25.3 Å². The number of aromatic nitrogens is 4. The minimum absolute atomic E-state index is 0.207. The minimum Gasteiger partial charge on any atom is -0.287 e. The van der Waals surface area contributed by atoms with Crippen molar-refractivity contribution in [3.63, 3.8) is 0 Å². The third kappa shape index (κ3) is 6.72. The van der Waals surface area contributed by atoms with Crippen molar-refractivity contribution >= 4 is 17.6 Å². The summed E-state index contributed by atoms with van der Waals surface area (Å²) >= 11 is 0. The van der Waals surface area contributed by atoms with Gasteiger partial charge in [-0.2, -0.15) is 0 Å². The van der Waals surface area contributed by atoms with Crippen molar-refractivity contribution in [1.82, 2.24) is 19.9 Å². The number of hydrogen-bond donors (Lipinski definition) is 1. The predicted octanol–water partition coefficient (Wildman–Crippen LogP) is 8.43. The van der Waals surface area contributed by atoms with Gasteiger partial charge in [0.05, 0.1) is 28.5 Å². The Bertz CT molecular complexity index is 1800. The van der Waals surface area contributed by atoms with Crippen LogP contribution in [0.2, 0.25) is 0 Å². The Hall–Kier alpha value is -5.88. The molecule has 0 amide bonds. The van der Waals surface area contributed by atoms with Gasteiger partial charge in [-0.05, 0) is 103 Å². The van der Waals surface area contributed by atoms with Crippen molar-refractivity contribution in [3.05, 3.63) is 151 Å². The Morgan fingerprint density at radius 1 is 0.558 bits per heavy atom. The number of pyridine rings is 4. The first-order chi connectivity index (χ1) is 21.1. The number of benzene rings is 2. The highest BCUT2D eigenvalue weighted by atomic mass is 14.8. The molecule has 4 aromatic heterocycles. The quantitative estimate of drug-likeness (QED) is 0.158. The van der Waals surface area contributed by atoms with Crippen LogP contribution in [0.15, 0.2) is 145 Å². The number of amidine groups is 1. The molecule has 0 saturated carbocycles. The molecule has 0 aliphatic heterocycles. The zero-order valence-electron chi connectivity index (χ0n) is 23.6. The fourth-order valence-corrected chi connectivity index (χ4v) is 4.80. The van der Waals surface area contributed by atoms with Crippen LogP contribution in [0, 0.1) is 5.41 Å². The zero-order chi connectivity index (χ0) is 29.4. The van der Waals surface area contributed by atoms with Gasteiger partial charge in [0.25, 0.3) is 0 Å². The molecule has 0 aliphatic rings. The second-order valence-corrected chi connectivity index (χ2v) is 9.92. The first kappa shape index (κ1) is 27.3. The average Bonchev–Trinajstić information content (AvgIpc) is 3.08. The standard InChI is InChI=1S/C37H28N6/c1-26(38)43-37(32-24-30(35-12-4-8-18-41-35)23-31(25-32)36-13-5-9-19-42-36)15-14-27-20-28(33-10-2-6-16-39-33)22-29(21-27)34-11-3-7-17-40-34/h2-25,38H,1H3/b15-14+,38-26?,43-37?. The first-order valence-corrected chi connectivity index (χ1v) is 13.9. The number of rotatable bonds is 7. The van der Waals surface area contributed by atoms with Crippen molar-refractivity contribution in [2.24, 2.45) is 4.99 Å². The SMILES string of the molecule is CC(=N)N=C(/C=C/c1cc(-c2ccccn2)cc(-c2ccccn2)c1)c1cc(-c2ccccn2)cc(-c2ccccn2)c1. The highest BCUT2D eigenvalue weighted by Crippen LogP contribution is 2.29. The molecule has 206 valence electrons. The van der Waals surface area contributed by atoms with Crippen LogP contribution in [-0.4, -0.2) is 31.5 Å². The van der Waals surface area contributed by atoms with Gasteiger partial charge in [-0.25, -0.2) is 4.99 Å². The van der Waals surface area contributed by atoms with Crippen LogP contribution in [-0.2, 0) is 0 Å². The van der Waals surface area contributed by atoms with Crippen molar-refractivity contribution in [3.8, 4) is 45.0 Å². The minimum atomic E-state index is 0.207. The largest absolute Gasteiger partial charge is 0.287 e. The van der Waals surface area contributed by atoms with E-state index in [1.165, 1.54) is 0 Å². The fraction of sp³-hybridized carbons (Fsp3) is 0.0270. The molecule has 0 spiro atoms. The molecule has 1 N–H and O–H groups in total. The van der Waals surface area contributed by atoms with Gasteiger partial charge >= 0.3 is 0 Å². The van der Waals surface area contributed by atoms with Gasteiger partial charge in [0, 0.05) is 52.6 Å². The lowest BCUT2D eigenvalue weighted by Crippen LogP contribution is -2.02. The van der Waals surface area contributed by atoms with Gasteiger partial charge < -0.3 is 0 Å². The number of aliphatic imine (C=N–C) groups is 1. The van der Waals surface area contributed by atoms with Gasteiger partial charge in [0.1, 0.15) is 5.84 Å². The molecule has 0 radical (unpaired) electrons.